The fraction of sp³-hybridized carbons (Fsp3) is 0.545. The largest absolute Gasteiger partial charge is 0.264 e. The van der Waals surface area contributed by atoms with E-state index in [-0.39, 0.29) is 5.75 Å². The van der Waals surface area contributed by atoms with Gasteiger partial charge in [-0.15, -0.1) is 0 Å². The standard InChI is InChI=1S/C11H18N2O2S/c1-10(2)8-13(3)16(14,15)9-11-5-4-6-12-7-11/h4-7,10H,8-9H2,1-3H3. The van der Waals surface area contributed by atoms with Crippen LogP contribution < -0.4 is 0 Å². The number of hydrogen-bond acceptors (Lipinski definition) is 3. The molecule has 0 saturated heterocycles. The molecule has 16 heavy (non-hydrogen) atoms. The van der Waals surface area contributed by atoms with Crippen LogP contribution in [0.2, 0.25) is 0 Å². The molecule has 90 valence electrons. The van der Waals surface area contributed by atoms with E-state index in [0.29, 0.717) is 12.5 Å². The Hall–Kier alpha value is -0.940. The molecule has 0 spiro atoms. The molecule has 1 aromatic rings. The highest BCUT2D eigenvalue weighted by Crippen LogP contribution is 2.09. The number of sulfonamides is 1. The smallest absolute Gasteiger partial charge is 0.218 e. The Bertz CT molecular complexity index is 415. The zero-order valence-electron chi connectivity index (χ0n) is 9.92. The van der Waals surface area contributed by atoms with Gasteiger partial charge in [0, 0.05) is 26.0 Å². The second-order valence-electron chi connectivity index (χ2n) is 4.29. The van der Waals surface area contributed by atoms with Crippen molar-refractivity contribution in [3.63, 3.8) is 0 Å². The minimum Gasteiger partial charge on any atom is -0.264 e. The van der Waals surface area contributed by atoms with E-state index in [1.807, 2.05) is 13.8 Å². The first-order valence-electron chi connectivity index (χ1n) is 5.24. The summed E-state index contributed by atoms with van der Waals surface area (Å²) in [5.41, 5.74) is 0.720. The summed E-state index contributed by atoms with van der Waals surface area (Å²) < 4.78 is 25.3. The molecule has 0 unspecified atom stereocenters. The summed E-state index contributed by atoms with van der Waals surface area (Å²) in [4.78, 5) is 3.91. The normalized spacial score (nSPS) is 12.3. The molecule has 1 aromatic heterocycles. The number of aromatic nitrogens is 1. The van der Waals surface area contributed by atoms with Gasteiger partial charge in [0.2, 0.25) is 10.0 Å². The van der Waals surface area contributed by atoms with Crippen LogP contribution in [0, 0.1) is 5.92 Å². The van der Waals surface area contributed by atoms with Gasteiger partial charge in [-0.2, -0.15) is 0 Å². The Morgan fingerprint density at radius 2 is 2.12 bits per heavy atom. The molecule has 0 bridgehead atoms. The van der Waals surface area contributed by atoms with Crippen LogP contribution in [-0.4, -0.2) is 31.3 Å². The summed E-state index contributed by atoms with van der Waals surface area (Å²) in [7, 11) is -1.60. The van der Waals surface area contributed by atoms with Crippen LogP contribution in [0.15, 0.2) is 24.5 Å². The highest BCUT2D eigenvalue weighted by molar-refractivity contribution is 7.88. The molecule has 0 radical (unpaired) electrons. The molecule has 0 aliphatic rings. The second-order valence-corrected chi connectivity index (χ2v) is 6.37. The van der Waals surface area contributed by atoms with Crippen LogP contribution in [0.5, 0.6) is 0 Å². The Morgan fingerprint density at radius 3 is 2.62 bits per heavy atom. The zero-order valence-corrected chi connectivity index (χ0v) is 10.7. The van der Waals surface area contributed by atoms with Gasteiger partial charge in [-0.1, -0.05) is 19.9 Å². The average Bonchev–Trinajstić information content (AvgIpc) is 2.17. The summed E-state index contributed by atoms with van der Waals surface area (Å²) in [6.45, 7) is 4.54. The molecular weight excluding hydrogens is 224 g/mol. The fourth-order valence-electron chi connectivity index (χ4n) is 1.43. The minimum atomic E-state index is -3.22. The highest BCUT2D eigenvalue weighted by Gasteiger charge is 2.19. The van der Waals surface area contributed by atoms with E-state index in [2.05, 4.69) is 4.98 Å². The van der Waals surface area contributed by atoms with Crippen molar-refractivity contribution < 1.29 is 8.42 Å². The van der Waals surface area contributed by atoms with E-state index >= 15 is 0 Å². The van der Waals surface area contributed by atoms with Gasteiger partial charge in [-0.3, -0.25) is 4.98 Å². The molecule has 1 heterocycles. The Kier molecular flexibility index (Phi) is 4.44. The molecule has 0 amide bonds. The van der Waals surface area contributed by atoms with Crippen molar-refractivity contribution in [2.75, 3.05) is 13.6 Å². The van der Waals surface area contributed by atoms with E-state index < -0.39 is 10.0 Å². The van der Waals surface area contributed by atoms with Crippen LogP contribution in [-0.2, 0) is 15.8 Å². The first kappa shape index (κ1) is 13.1. The van der Waals surface area contributed by atoms with Crippen LogP contribution in [0.4, 0.5) is 0 Å². The topological polar surface area (TPSA) is 50.3 Å². The molecule has 0 aromatic carbocycles. The van der Waals surface area contributed by atoms with Crippen LogP contribution in [0.3, 0.4) is 0 Å². The van der Waals surface area contributed by atoms with Crippen LogP contribution in [0.25, 0.3) is 0 Å². The number of rotatable bonds is 5. The predicted molar refractivity (Wildman–Crippen MR) is 64.3 cm³/mol. The summed E-state index contributed by atoms with van der Waals surface area (Å²) in [5, 5.41) is 0. The van der Waals surface area contributed by atoms with Crippen molar-refractivity contribution in [1.82, 2.24) is 9.29 Å². The maximum absolute atomic E-state index is 11.9. The third-order valence-electron chi connectivity index (χ3n) is 2.17. The molecule has 0 saturated carbocycles. The van der Waals surface area contributed by atoms with Crippen molar-refractivity contribution in [2.24, 2.45) is 5.92 Å². The van der Waals surface area contributed by atoms with Gasteiger partial charge in [0.1, 0.15) is 0 Å². The van der Waals surface area contributed by atoms with Gasteiger partial charge in [-0.05, 0) is 17.5 Å². The van der Waals surface area contributed by atoms with Crippen molar-refractivity contribution >= 4 is 10.0 Å². The third kappa shape index (κ3) is 3.90. The van der Waals surface area contributed by atoms with Crippen molar-refractivity contribution in [2.45, 2.75) is 19.6 Å². The summed E-state index contributed by atoms with van der Waals surface area (Å²) in [6.07, 6.45) is 3.22. The zero-order chi connectivity index (χ0) is 12.2. The lowest BCUT2D eigenvalue weighted by Gasteiger charge is -2.18. The van der Waals surface area contributed by atoms with Crippen molar-refractivity contribution in [3.8, 4) is 0 Å². The van der Waals surface area contributed by atoms with Gasteiger partial charge >= 0.3 is 0 Å². The van der Waals surface area contributed by atoms with E-state index in [1.54, 1.807) is 31.6 Å². The Morgan fingerprint density at radius 1 is 1.44 bits per heavy atom. The summed E-state index contributed by atoms with van der Waals surface area (Å²) in [5.74, 6) is 0.345. The molecule has 0 aliphatic carbocycles. The average molecular weight is 242 g/mol. The summed E-state index contributed by atoms with van der Waals surface area (Å²) in [6, 6.07) is 3.51. The fourth-order valence-corrected chi connectivity index (χ4v) is 2.77. The molecule has 4 nitrogen and oxygen atoms in total. The predicted octanol–water partition coefficient (Wildman–Crippen LogP) is 1.50. The lowest BCUT2D eigenvalue weighted by molar-refractivity contribution is 0.416. The molecule has 1 rings (SSSR count). The van der Waals surface area contributed by atoms with E-state index in [9.17, 15) is 8.42 Å². The van der Waals surface area contributed by atoms with Gasteiger partial charge in [0.05, 0.1) is 5.75 Å². The van der Waals surface area contributed by atoms with Gasteiger partial charge < -0.3 is 0 Å². The summed E-state index contributed by atoms with van der Waals surface area (Å²) >= 11 is 0. The maximum Gasteiger partial charge on any atom is 0.218 e. The van der Waals surface area contributed by atoms with E-state index in [1.165, 1.54) is 4.31 Å². The molecule has 0 aliphatic heterocycles. The lowest BCUT2D eigenvalue weighted by atomic mass is 10.2. The van der Waals surface area contributed by atoms with Crippen molar-refractivity contribution in [3.05, 3.63) is 30.1 Å². The third-order valence-corrected chi connectivity index (χ3v) is 3.97. The van der Waals surface area contributed by atoms with Gasteiger partial charge in [0.25, 0.3) is 0 Å². The van der Waals surface area contributed by atoms with Gasteiger partial charge in [-0.25, -0.2) is 12.7 Å². The monoisotopic (exact) mass is 242 g/mol. The number of hydrogen-bond donors (Lipinski definition) is 0. The quantitative estimate of drug-likeness (QED) is 0.786. The second kappa shape index (κ2) is 5.41. The van der Waals surface area contributed by atoms with Crippen molar-refractivity contribution in [1.29, 1.82) is 0 Å². The molecular formula is C11H18N2O2S. The number of pyridine rings is 1. The maximum atomic E-state index is 11.9. The van der Waals surface area contributed by atoms with Gasteiger partial charge in [0.15, 0.2) is 0 Å². The molecule has 5 heteroatoms. The first-order chi connectivity index (χ1) is 7.42. The first-order valence-corrected chi connectivity index (χ1v) is 6.85. The highest BCUT2D eigenvalue weighted by atomic mass is 32.2. The molecule has 0 N–H and O–H groups in total. The lowest BCUT2D eigenvalue weighted by Crippen LogP contribution is -2.31. The van der Waals surface area contributed by atoms with Crippen LogP contribution in [0.1, 0.15) is 19.4 Å². The van der Waals surface area contributed by atoms with E-state index in [4.69, 9.17) is 0 Å². The number of nitrogens with zero attached hydrogens (tertiary/aromatic N) is 2. The van der Waals surface area contributed by atoms with E-state index in [0.717, 1.165) is 5.56 Å². The Labute approximate surface area is 97.4 Å². The molecule has 0 atom stereocenters. The van der Waals surface area contributed by atoms with Crippen LogP contribution >= 0.6 is 0 Å². The minimum absolute atomic E-state index is 0.0179. The Balaban J connectivity index is 2.72. The SMILES string of the molecule is CC(C)CN(C)S(=O)(=O)Cc1cccnc1. The molecule has 0 fully saturated rings.